The van der Waals surface area contributed by atoms with Crippen molar-refractivity contribution >= 4 is 33.6 Å². The number of aliphatic hydroxyl groups is 1. The molecule has 0 aliphatic rings. The quantitative estimate of drug-likeness (QED) is 0.777. The van der Waals surface area contributed by atoms with Crippen molar-refractivity contribution in [1.82, 2.24) is 9.97 Å². The molecule has 12 heavy (non-hydrogen) atoms. The van der Waals surface area contributed by atoms with E-state index in [1.165, 1.54) is 0 Å². The van der Waals surface area contributed by atoms with Gasteiger partial charge < -0.3 is 10.1 Å². The summed E-state index contributed by atoms with van der Waals surface area (Å²) < 4.78 is 1.05. The van der Waals surface area contributed by atoms with Gasteiger partial charge in [0.2, 0.25) is 0 Å². The summed E-state index contributed by atoms with van der Waals surface area (Å²) in [6.07, 6.45) is 1.64. The van der Waals surface area contributed by atoms with Crippen LogP contribution in [0.15, 0.2) is 18.5 Å². The predicted octanol–water partition coefficient (Wildman–Crippen LogP) is 1.66. The molecule has 1 aromatic carbocycles. The molecule has 0 saturated carbocycles. The Morgan fingerprint density at radius 2 is 2.33 bits per heavy atom. The molecule has 0 fully saturated rings. The number of aromatic amines is 1. The van der Waals surface area contributed by atoms with Crippen LogP contribution in [0, 0.1) is 3.57 Å². The summed E-state index contributed by atoms with van der Waals surface area (Å²) in [5, 5.41) is 9.08. The van der Waals surface area contributed by atoms with E-state index in [0.717, 1.165) is 20.2 Å². The number of benzene rings is 1. The second-order valence-electron chi connectivity index (χ2n) is 2.48. The molecule has 3 nitrogen and oxygen atoms in total. The summed E-state index contributed by atoms with van der Waals surface area (Å²) >= 11 is 2.19. The lowest BCUT2D eigenvalue weighted by atomic mass is 10.2. The Balaban J connectivity index is 2.83. The van der Waals surface area contributed by atoms with Crippen molar-refractivity contribution in [1.29, 1.82) is 0 Å². The van der Waals surface area contributed by atoms with Crippen LogP contribution in [0.2, 0.25) is 0 Å². The third-order valence-electron chi connectivity index (χ3n) is 1.80. The Morgan fingerprint density at radius 1 is 1.50 bits per heavy atom. The molecule has 0 atom stereocenters. The third kappa shape index (κ3) is 1.11. The van der Waals surface area contributed by atoms with Gasteiger partial charge in [0.15, 0.2) is 0 Å². The van der Waals surface area contributed by atoms with Gasteiger partial charge in [0.1, 0.15) is 0 Å². The number of hydrogen-bond acceptors (Lipinski definition) is 2. The topological polar surface area (TPSA) is 48.9 Å². The highest BCUT2D eigenvalue weighted by molar-refractivity contribution is 14.1. The number of rotatable bonds is 1. The highest BCUT2D eigenvalue weighted by Crippen LogP contribution is 2.20. The SMILES string of the molecule is OCc1c(I)ccc2[nH]cnc12. The van der Waals surface area contributed by atoms with E-state index in [4.69, 9.17) is 5.11 Å². The zero-order chi connectivity index (χ0) is 8.55. The average molecular weight is 274 g/mol. The van der Waals surface area contributed by atoms with Crippen LogP contribution in [0.5, 0.6) is 0 Å². The van der Waals surface area contributed by atoms with E-state index in [9.17, 15) is 0 Å². The van der Waals surface area contributed by atoms with E-state index in [2.05, 4.69) is 32.6 Å². The molecule has 2 N–H and O–H groups in total. The Morgan fingerprint density at radius 3 is 3.08 bits per heavy atom. The van der Waals surface area contributed by atoms with Gasteiger partial charge in [-0.2, -0.15) is 0 Å². The van der Waals surface area contributed by atoms with Crippen molar-refractivity contribution in [3.63, 3.8) is 0 Å². The van der Waals surface area contributed by atoms with E-state index in [0.29, 0.717) is 0 Å². The van der Waals surface area contributed by atoms with Gasteiger partial charge in [-0.3, -0.25) is 0 Å². The molecule has 2 aromatic rings. The minimum atomic E-state index is 0.0421. The second kappa shape index (κ2) is 3.02. The minimum Gasteiger partial charge on any atom is -0.392 e. The first-order valence-corrected chi connectivity index (χ1v) is 4.62. The van der Waals surface area contributed by atoms with Crippen LogP contribution in [-0.2, 0) is 6.61 Å². The van der Waals surface area contributed by atoms with E-state index in [1.54, 1.807) is 6.33 Å². The minimum absolute atomic E-state index is 0.0421. The van der Waals surface area contributed by atoms with Gasteiger partial charge in [0.25, 0.3) is 0 Å². The van der Waals surface area contributed by atoms with Crippen LogP contribution in [-0.4, -0.2) is 15.1 Å². The maximum absolute atomic E-state index is 9.08. The Labute approximate surface area is 83.0 Å². The Kier molecular flexibility index (Phi) is 2.02. The van der Waals surface area contributed by atoms with Crippen molar-refractivity contribution in [3.8, 4) is 0 Å². The van der Waals surface area contributed by atoms with Crippen molar-refractivity contribution in [2.45, 2.75) is 6.61 Å². The van der Waals surface area contributed by atoms with Crippen LogP contribution < -0.4 is 0 Å². The standard InChI is InChI=1S/C8H7IN2O/c9-6-1-2-7-8(5(6)3-12)11-4-10-7/h1-2,4,12H,3H2,(H,10,11). The molecule has 0 bridgehead atoms. The number of H-pyrrole nitrogens is 1. The molecule has 0 aliphatic carbocycles. The third-order valence-corrected chi connectivity index (χ3v) is 2.81. The molecule has 1 aromatic heterocycles. The second-order valence-corrected chi connectivity index (χ2v) is 3.64. The van der Waals surface area contributed by atoms with Crippen LogP contribution in [0.3, 0.4) is 0 Å². The van der Waals surface area contributed by atoms with Crippen molar-refractivity contribution in [2.75, 3.05) is 0 Å². The van der Waals surface area contributed by atoms with Gasteiger partial charge in [0, 0.05) is 9.13 Å². The molecule has 62 valence electrons. The fraction of sp³-hybridized carbons (Fsp3) is 0.125. The molecule has 0 spiro atoms. The summed E-state index contributed by atoms with van der Waals surface area (Å²) in [4.78, 5) is 7.13. The van der Waals surface area contributed by atoms with Gasteiger partial charge in [-0.15, -0.1) is 0 Å². The van der Waals surface area contributed by atoms with E-state index in [1.807, 2.05) is 12.1 Å². The van der Waals surface area contributed by atoms with Gasteiger partial charge >= 0.3 is 0 Å². The number of imidazole rings is 1. The number of halogens is 1. The van der Waals surface area contributed by atoms with Gasteiger partial charge in [-0.25, -0.2) is 4.98 Å². The maximum atomic E-state index is 9.08. The number of fused-ring (bicyclic) bond motifs is 1. The average Bonchev–Trinajstić information content (AvgIpc) is 2.52. The lowest BCUT2D eigenvalue weighted by Gasteiger charge is -2.00. The first kappa shape index (κ1) is 8.00. The lowest BCUT2D eigenvalue weighted by Crippen LogP contribution is -1.89. The van der Waals surface area contributed by atoms with Crippen molar-refractivity contribution in [3.05, 3.63) is 27.6 Å². The number of nitrogens with zero attached hydrogens (tertiary/aromatic N) is 1. The summed E-state index contributed by atoms with van der Waals surface area (Å²) in [6, 6.07) is 3.93. The zero-order valence-corrected chi connectivity index (χ0v) is 8.37. The first-order valence-electron chi connectivity index (χ1n) is 3.54. The highest BCUT2D eigenvalue weighted by Gasteiger charge is 2.05. The van der Waals surface area contributed by atoms with E-state index < -0.39 is 0 Å². The highest BCUT2D eigenvalue weighted by atomic mass is 127. The molecule has 0 amide bonds. The fourth-order valence-electron chi connectivity index (χ4n) is 1.19. The van der Waals surface area contributed by atoms with E-state index in [-0.39, 0.29) is 6.61 Å². The van der Waals surface area contributed by atoms with Gasteiger partial charge in [0.05, 0.1) is 24.0 Å². The van der Waals surface area contributed by atoms with Crippen LogP contribution >= 0.6 is 22.6 Å². The number of aliphatic hydroxyl groups excluding tert-OH is 1. The summed E-state index contributed by atoms with van der Waals surface area (Å²) in [7, 11) is 0. The van der Waals surface area contributed by atoms with Gasteiger partial charge in [-0.05, 0) is 34.7 Å². The molecule has 4 heteroatoms. The smallest absolute Gasteiger partial charge is 0.0948 e. The Hall–Kier alpha value is -0.620. The first-order chi connectivity index (χ1) is 5.83. The molecular formula is C8H7IN2O. The lowest BCUT2D eigenvalue weighted by molar-refractivity contribution is 0.282. The Bertz CT molecular complexity index is 410. The maximum Gasteiger partial charge on any atom is 0.0948 e. The summed E-state index contributed by atoms with van der Waals surface area (Å²) in [5.41, 5.74) is 2.73. The van der Waals surface area contributed by atoms with E-state index >= 15 is 0 Å². The summed E-state index contributed by atoms with van der Waals surface area (Å²) in [6.45, 7) is 0.0421. The number of aromatic nitrogens is 2. The zero-order valence-electron chi connectivity index (χ0n) is 6.21. The van der Waals surface area contributed by atoms with Crippen molar-refractivity contribution < 1.29 is 5.11 Å². The molecule has 0 radical (unpaired) electrons. The molecule has 0 unspecified atom stereocenters. The number of hydrogen-bond donors (Lipinski definition) is 2. The molecular weight excluding hydrogens is 267 g/mol. The van der Waals surface area contributed by atoms with Crippen LogP contribution in [0.1, 0.15) is 5.56 Å². The molecule has 0 saturated heterocycles. The summed E-state index contributed by atoms with van der Waals surface area (Å²) in [5.74, 6) is 0. The molecule has 2 rings (SSSR count). The molecule has 0 aliphatic heterocycles. The monoisotopic (exact) mass is 274 g/mol. The normalized spacial score (nSPS) is 10.8. The van der Waals surface area contributed by atoms with Crippen molar-refractivity contribution in [2.24, 2.45) is 0 Å². The van der Waals surface area contributed by atoms with Gasteiger partial charge in [-0.1, -0.05) is 0 Å². The largest absolute Gasteiger partial charge is 0.392 e. The molecule has 1 heterocycles. The van der Waals surface area contributed by atoms with Crippen LogP contribution in [0.25, 0.3) is 11.0 Å². The predicted molar refractivity (Wildman–Crippen MR) is 54.7 cm³/mol. The van der Waals surface area contributed by atoms with Crippen LogP contribution in [0.4, 0.5) is 0 Å². The number of nitrogens with one attached hydrogen (secondary N) is 1. The fourth-order valence-corrected chi connectivity index (χ4v) is 1.80.